The highest BCUT2D eigenvalue weighted by atomic mass is 35.5. The van der Waals surface area contributed by atoms with E-state index < -0.39 is 12.1 Å². The fourth-order valence-electron chi connectivity index (χ4n) is 2.03. The Morgan fingerprint density at radius 2 is 1.48 bits per heavy atom. The monoisotopic (exact) mass is 331 g/mol. The third-order valence-corrected chi connectivity index (χ3v) is 3.65. The molecule has 0 unspecified atom stereocenters. The number of carbonyl (C=O) groups excluding carboxylic acids is 2. The molecule has 2 aromatic carbocycles. The summed E-state index contributed by atoms with van der Waals surface area (Å²) in [6.07, 6.45) is -0.864. The summed E-state index contributed by atoms with van der Waals surface area (Å²) in [5.74, 6) is -0.787. The molecule has 0 aliphatic rings. The lowest BCUT2D eigenvalue weighted by Gasteiger charge is -2.14. The normalized spacial score (nSPS) is 11.7. The number of rotatable bonds is 5. The molecule has 0 fully saturated rings. The third-order valence-electron chi connectivity index (χ3n) is 3.40. The standard InChI is InChI=1S/C18H18ClNO3/c1-12(17(21)13-4-8-15(19)9-5-13)23-18(22)14-6-10-16(11-7-14)20(2)3/h4-12H,1-3H3/t12-/m1/s1. The van der Waals surface area contributed by atoms with Gasteiger partial charge in [-0.1, -0.05) is 11.6 Å². The second-order valence-corrected chi connectivity index (χ2v) is 5.80. The first-order chi connectivity index (χ1) is 10.9. The molecule has 0 radical (unpaired) electrons. The summed E-state index contributed by atoms with van der Waals surface area (Å²) >= 11 is 5.80. The smallest absolute Gasteiger partial charge is 0.338 e. The summed E-state index contributed by atoms with van der Waals surface area (Å²) in [4.78, 5) is 26.3. The van der Waals surface area contributed by atoms with Crippen LogP contribution >= 0.6 is 11.6 Å². The summed E-state index contributed by atoms with van der Waals surface area (Å²) in [5.41, 5.74) is 1.84. The Hall–Kier alpha value is -2.33. The van der Waals surface area contributed by atoms with Crippen LogP contribution in [-0.2, 0) is 4.74 Å². The van der Waals surface area contributed by atoms with E-state index in [1.54, 1.807) is 43.3 Å². The number of Topliss-reactive ketones (excluding diaryl/α,β-unsaturated/α-hetero) is 1. The fraction of sp³-hybridized carbons (Fsp3) is 0.222. The summed E-state index contributed by atoms with van der Waals surface area (Å²) < 4.78 is 5.25. The highest BCUT2D eigenvalue weighted by Crippen LogP contribution is 2.15. The quantitative estimate of drug-likeness (QED) is 0.617. The molecule has 2 rings (SSSR count). The molecule has 0 heterocycles. The predicted molar refractivity (Wildman–Crippen MR) is 91.4 cm³/mol. The van der Waals surface area contributed by atoms with Crippen molar-refractivity contribution in [2.45, 2.75) is 13.0 Å². The van der Waals surface area contributed by atoms with Crippen LogP contribution in [0.4, 0.5) is 5.69 Å². The lowest BCUT2D eigenvalue weighted by Crippen LogP contribution is -2.24. The van der Waals surface area contributed by atoms with Crippen LogP contribution < -0.4 is 4.90 Å². The minimum Gasteiger partial charge on any atom is -0.451 e. The van der Waals surface area contributed by atoms with Gasteiger partial charge in [-0.05, 0) is 55.5 Å². The fourth-order valence-corrected chi connectivity index (χ4v) is 2.15. The summed E-state index contributed by atoms with van der Waals surface area (Å²) in [5, 5.41) is 0.548. The van der Waals surface area contributed by atoms with E-state index in [4.69, 9.17) is 16.3 Å². The number of ketones is 1. The van der Waals surface area contributed by atoms with Crippen molar-refractivity contribution in [1.82, 2.24) is 0 Å². The molecule has 0 aliphatic heterocycles. The van der Waals surface area contributed by atoms with Crippen molar-refractivity contribution in [1.29, 1.82) is 0 Å². The van der Waals surface area contributed by atoms with Crippen LogP contribution in [0.3, 0.4) is 0 Å². The lowest BCUT2D eigenvalue weighted by atomic mass is 10.1. The van der Waals surface area contributed by atoms with Gasteiger partial charge in [-0.3, -0.25) is 4.79 Å². The SMILES string of the molecule is C[C@@H](OC(=O)c1ccc(N(C)C)cc1)C(=O)c1ccc(Cl)cc1. The van der Waals surface area contributed by atoms with Gasteiger partial charge in [-0.2, -0.15) is 0 Å². The van der Waals surface area contributed by atoms with Crippen molar-refractivity contribution in [2.24, 2.45) is 0 Å². The molecule has 0 bridgehead atoms. The number of hydrogen-bond acceptors (Lipinski definition) is 4. The van der Waals surface area contributed by atoms with Crippen LogP contribution in [0, 0.1) is 0 Å². The molecular formula is C18H18ClNO3. The van der Waals surface area contributed by atoms with Gasteiger partial charge in [0.2, 0.25) is 5.78 Å². The molecule has 0 aromatic heterocycles. The lowest BCUT2D eigenvalue weighted by molar-refractivity contribution is 0.0319. The first kappa shape index (κ1) is 17.0. The zero-order chi connectivity index (χ0) is 17.0. The van der Waals surface area contributed by atoms with Gasteiger partial charge in [0.05, 0.1) is 5.56 Å². The molecule has 0 saturated heterocycles. The maximum atomic E-state index is 12.2. The molecule has 120 valence electrons. The Morgan fingerprint density at radius 3 is 2.00 bits per heavy atom. The Kier molecular flexibility index (Phi) is 5.40. The molecular weight excluding hydrogens is 314 g/mol. The van der Waals surface area contributed by atoms with Crippen molar-refractivity contribution in [2.75, 3.05) is 19.0 Å². The number of hydrogen-bond donors (Lipinski definition) is 0. The molecule has 1 atom stereocenters. The minimum absolute atomic E-state index is 0.264. The molecule has 23 heavy (non-hydrogen) atoms. The number of carbonyl (C=O) groups is 2. The molecule has 2 aromatic rings. The van der Waals surface area contributed by atoms with E-state index in [9.17, 15) is 9.59 Å². The predicted octanol–water partition coefficient (Wildman–Crippen LogP) is 3.83. The Labute approximate surface area is 140 Å². The average molecular weight is 332 g/mol. The largest absolute Gasteiger partial charge is 0.451 e. The zero-order valence-corrected chi connectivity index (χ0v) is 14.0. The summed E-state index contributed by atoms with van der Waals surface area (Å²) in [6.45, 7) is 1.56. The van der Waals surface area contributed by atoms with Crippen molar-refractivity contribution < 1.29 is 14.3 Å². The number of halogens is 1. The van der Waals surface area contributed by atoms with E-state index >= 15 is 0 Å². The van der Waals surface area contributed by atoms with Gasteiger partial charge in [0.15, 0.2) is 6.10 Å². The zero-order valence-electron chi connectivity index (χ0n) is 13.2. The van der Waals surface area contributed by atoms with Gasteiger partial charge in [0.25, 0.3) is 0 Å². The first-order valence-electron chi connectivity index (χ1n) is 7.16. The number of nitrogens with zero attached hydrogens (tertiary/aromatic N) is 1. The number of anilines is 1. The van der Waals surface area contributed by atoms with Gasteiger partial charge in [0, 0.05) is 30.4 Å². The van der Waals surface area contributed by atoms with Gasteiger partial charge in [0.1, 0.15) is 0 Å². The molecule has 5 heteroatoms. The molecule has 0 spiro atoms. The van der Waals surface area contributed by atoms with E-state index in [-0.39, 0.29) is 5.78 Å². The summed E-state index contributed by atoms with van der Waals surface area (Å²) in [7, 11) is 3.83. The van der Waals surface area contributed by atoms with E-state index in [0.717, 1.165) is 5.69 Å². The van der Waals surface area contributed by atoms with E-state index in [1.807, 2.05) is 31.1 Å². The molecule has 4 nitrogen and oxygen atoms in total. The molecule has 0 aliphatic carbocycles. The van der Waals surface area contributed by atoms with Crippen LogP contribution in [-0.4, -0.2) is 32.0 Å². The van der Waals surface area contributed by atoms with Gasteiger partial charge < -0.3 is 9.64 Å². The summed E-state index contributed by atoms with van der Waals surface area (Å²) in [6, 6.07) is 13.5. The van der Waals surface area contributed by atoms with Crippen LogP contribution in [0.25, 0.3) is 0 Å². The third kappa shape index (κ3) is 4.33. The average Bonchev–Trinajstić information content (AvgIpc) is 2.54. The van der Waals surface area contributed by atoms with Crippen molar-refractivity contribution >= 4 is 29.0 Å². The van der Waals surface area contributed by atoms with Crippen molar-refractivity contribution in [3.05, 3.63) is 64.7 Å². The van der Waals surface area contributed by atoms with Crippen LogP contribution in [0.5, 0.6) is 0 Å². The van der Waals surface area contributed by atoms with Crippen molar-refractivity contribution in [3.8, 4) is 0 Å². The van der Waals surface area contributed by atoms with E-state index in [2.05, 4.69) is 0 Å². The number of esters is 1. The van der Waals surface area contributed by atoms with Crippen LogP contribution in [0.1, 0.15) is 27.6 Å². The van der Waals surface area contributed by atoms with E-state index in [0.29, 0.717) is 16.1 Å². The number of ether oxygens (including phenoxy) is 1. The second kappa shape index (κ2) is 7.29. The van der Waals surface area contributed by atoms with Gasteiger partial charge in [-0.25, -0.2) is 4.79 Å². The van der Waals surface area contributed by atoms with E-state index in [1.165, 1.54) is 0 Å². The highest BCUT2D eigenvalue weighted by molar-refractivity contribution is 6.30. The topological polar surface area (TPSA) is 46.6 Å². The van der Waals surface area contributed by atoms with Crippen molar-refractivity contribution in [3.63, 3.8) is 0 Å². The van der Waals surface area contributed by atoms with Gasteiger partial charge >= 0.3 is 5.97 Å². The Balaban J connectivity index is 2.04. The molecule has 0 N–H and O–H groups in total. The molecule has 0 amide bonds. The van der Waals surface area contributed by atoms with Crippen LogP contribution in [0.15, 0.2) is 48.5 Å². The second-order valence-electron chi connectivity index (χ2n) is 5.36. The number of benzene rings is 2. The van der Waals surface area contributed by atoms with Crippen LogP contribution in [0.2, 0.25) is 5.02 Å². The maximum absolute atomic E-state index is 12.2. The Morgan fingerprint density at radius 1 is 0.957 bits per heavy atom. The highest BCUT2D eigenvalue weighted by Gasteiger charge is 2.20. The first-order valence-corrected chi connectivity index (χ1v) is 7.54. The maximum Gasteiger partial charge on any atom is 0.338 e. The van der Waals surface area contributed by atoms with Gasteiger partial charge in [-0.15, -0.1) is 0 Å². The minimum atomic E-state index is -0.864. The Bertz CT molecular complexity index is 693. The molecule has 0 saturated carbocycles.